The van der Waals surface area contributed by atoms with Gasteiger partial charge >= 0.3 is 0 Å². The SMILES string of the molecule is COc1ccc2cc(/C=N/Nc3cc(C)nc4cc5c(cc34)OCO5)ccc2c1. The van der Waals surface area contributed by atoms with E-state index in [2.05, 4.69) is 27.6 Å². The number of hydrogen-bond acceptors (Lipinski definition) is 6. The third-order valence-electron chi connectivity index (χ3n) is 4.90. The molecule has 5 rings (SSSR count). The molecule has 0 spiro atoms. The molecule has 0 amide bonds. The number of nitrogens with zero attached hydrogens (tertiary/aromatic N) is 2. The van der Waals surface area contributed by atoms with Gasteiger partial charge in [0.15, 0.2) is 11.5 Å². The standard InChI is InChI=1S/C23H19N3O3/c1-14-7-21(19-10-22-23(29-13-28-22)11-20(19)25-14)26-24-12-15-3-4-17-9-18(27-2)6-5-16(17)8-15/h3-12H,13H2,1-2H3,(H,25,26)/b24-12+. The average molecular weight is 385 g/mol. The van der Waals surface area contributed by atoms with Crippen LogP contribution < -0.4 is 19.6 Å². The van der Waals surface area contributed by atoms with E-state index in [0.29, 0.717) is 0 Å². The number of pyridine rings is 1. The lowest BCUT2D eigenvalue weighted by Gasteiger charge is -2.08. The number of aromatic nitrogens is 1. The summed E-state index contributed by atoms with van der Waals surface area (Å²) >= 11 is 0. The Balaban J connectivity index is 1.44. The van der Waals surface area contributed by atoms with Gasteiger partial charge in [0.2, 0.25) is 6.79 Å². The molecule has 0 atom stereocenters. The van der Waals surface area contributed by atoms with E-state index < -0.39 is 0 Å². The largest absolute Gasteiger partial charge is 0.497 e. The number of benzene rings is 3. The van der Waals surface area contributed by atoms with Gasteiger partial charge in [-0.2, -0.15) is 5.10 Å². The molecule has 1 N–H and O–H groups in total. The summed E-state index contributed by atoms with van der Waals surface area (Å²) in [6.45, 7) is 2.19. The topological polar surface area (TPSA) is 65.0 Å². The lowest BCUT2D eigenvalue weighted by Crippen LogP contribution is -1.95. The van der Waals surface area contributed by atoms with Gasteiger partial charge in [0.05, 0.1) is 24.5 Å². The molecule has 0 saturated carbocycles. The zero-order valence-corrected chi connectivity index (χ0v) is 16.1. The Morgan fingerprint density at radius 1 is 1.00 bits per heavy atom. The lowest BCUT2D eigenvalue weighted by atomic mass is 10.1. The zero-order chi connectivity index (χ0) is 19.8. The molecular formula is C23H19N3O3. The summed E-state index contributed by atoms with van der Waals surface area (Å²) < 4.78 is 16.2. The van der Waals surface area contributed by atoms with Crippen molar-refractivity contribution in [2.45, 2.75) is 6.92 Å². The summed E-state index contributed by atoms with van der Waals surface area (Å²) in [7, 11) is 1.67. The second-order valence-electron chi connectivity index (χ2n) is 6.88. The Morgan fingerprint density at radius 3 is 2.66 bits per heavy atom. The van der Waals surface area contributed by atoms with Crippen molar-refractivity contribution in [3.63, 3.8) is 0 Å². The minimum absolute atomic E-state index is 0.236. The number of ether oxygens (including phenoxy) is 3. The van der Waals surface area contributed by atoms with Gasteiger partial charge < -0.3 is 14.2 Å². The highest BCUT2D eigenvalue weighted by atomic mass is 16.7. The Bertz CT molecular complexity index is 1270. The van der Waals surface area contributed by atoms with Crippen LogP contribution in [0.2, 0.25) is 0 Å². The summed E-state index contributed by atoms with van der Waals surface area (Å²) in [6, 6.07) is 18.0. The Labute approximate surface area is 167 Å². The molecule has 0 saturated heterocycles. The molecule has 0 radical (unpaired) electrons. The van der Waals surface area contributed by atoms with Gasteiger partial charge in [0.1, 0.15) is 5.75 Å². The molecule has 0 bridgehead atoms. The van der Waals surface area contributed by atoms with Crippen molar-refractivity contribution >= 4 is 33.6 Å². The van der Waals surface area contributed by atoms with E-state index in [0.717, 1.165) is 55.9 Å². The van der Waals surface area contributed by atoms with Crippen LogP contribution in [-0.2, 0) is 0 Å². The van der Waals surface area contributed by atoms with Gasteiger partial charge in [-0.05, 0) is 53.6 Å². The molecule has 0 fully saturated rings. The Kier molecular flexibility index (Phi) is 4.17. The first-order valence-corrected chi connectivity index (χ1v) is 9.27. The van der Waals surface area contributed by atoms with E-state index >= 15 is 0 Å². The predicted molar refractivity (Wildman–Crippen MR) is 114 cm³/mol. The smallest absolute Gasteiger partial charge is 0.231 e. The average Bonchev–Trinajstić information content (AvgIpc) is 3.19. The van der Waals surface area contributed by atoms with Crippen LogP contribution in [0.25, 0.3) is 21.7 Å². The van der Waals surface area contributed by atoms with Crippen LogP contribution >= 0.6 is 0 Å². The van der Waals surface area contributed by atoms with E-state index in [1.54, 1.807) is 13.3 Å². The molecule has 144 valence electrons. The number of nitrogens with one attached hydrogen (secondary N) is 1. The third-order valence-corrected chi connectivity index (χ3v) is 4.90. The van der Waals surface area contributed by atoms with Gasteiger partial charge in [0, 0.05) is 17.1 Å². The monoisotopic (exact) mass is 385 g/mol. The van der Waals surface area contributed by atoms with Crippen molar-refractivity contribution in [3.05, 3.63) is 65.9 Å². The van der Waals surface area contributed by atoms with Crippen LogP contribution in [0, 0.1) is 6.92 Å². The summed E-state index contributed by atoms with van der Waals surface area (Å²) in [4.78, 5) is 4.59. The van der Waals surface area contributed by atoms with Gasteiger partial charge in [-0.1, -0.05) is 18.2 Å². The van der Waals surface area contributed by atoms with Crippen molar-refractivity contribution < 1.29 is 14.2 Å². The van der Waals surface area contributed by atoms with E-state index in [4.69, 9.17) is 14.2 Å². The van der Waals surface area contributed by atoms with Crippen LogP contribution in [0.4, 0.5) is 5.69 Å². The van der Waals surface area contributed by atoms with E-state index in [-0.39, 0.29) is 6.79 Å². The van der Waals surface area contributed by atoms with Crippen LogP contribution in [0.3, 0.4) is 0 Å². The molecule has 6 heteroatoms. The van der Waals surface area contributed by atoms with Crippen molar-refractivity contribution in [1.82, 2.24) is 4.98 Å². The minimum Gasteiger partial charge on any atom is -0.497 e. The number of rotatable bonds is 4. The first-order valence-electron chi connectivity index (χ1n) is 9.27. The van der Waals surface area contributed by atoms with Gasteiger partial charge in [0.25, 0.3) is 0 Å². The molecule has 1 aromatic heterocycles. The third kappa shape index (κ3) is 3.29. The maximum absolute atomic E-state index is 5.50. The molecule has 0 aliphatic carbocycles. The van der Waals surface area contributed by atoms with E-state index in [1.807, 2.05) is 49.4 Å². The summed E-state index contributed by atoms with van der Waals surface area (Å²) in [5, 5.41) is 7.63. The van der Waals surface area contributed by atoms with Crippen molar-refractivity contribution in [2.24, 2.45) is 5.10 Å². The Hall–Kier alpha value is -3.80. The summed E-state index contributed by atoms with van der Waals surface area (Å²) in [5.74, 6) is 2.29. The normalized spacial score (nSPS) is 12.8. The fourth-order valence-electron chi connectivity index (χ4n) is 3.47. The highest BCUT2D eigenvalue weighted by Gasteiger charge is 2.16. The molecule has 1 aliphatic heterocycles. The van der Waals surface area contributed by atoms with E-state index in [1.165, 1.54) is 0 Å². The molecule has 0 unspecified atom stereocenters. The van der Waals surface area contributed by atoms with Crippen LogP contribution in [0.15, 0.2) is 59.7 Å². The zero-order valence-electron chi connectivity index (χ0n) is 16.1. The number of hydrazone groups is 1. The van der Waals surface area contributed by atoms with Crippen molar-refractivity contribution in [1.29, 1.82) is 0 Å². The highest BCUT2D eigenvalue weighted by Crippen LogP contribution is 2.38. The quantitative estimate of drug-likeness (QED) is 0.401. The number of anilines is 1. The second kappa shape index (κ2) is 6.98. The second-order valence-corrected chi connectivity index (χ2v) is 6.88. The maximum Gasteiger partial charge on any atom is 0.231 e. The molecular weight excluding hydrogens is 366 g/mol. The van der Waals surface area contributed by atoms with E-state index in [9.17, 15) is 0 Å². The summed E-state index contributed by atoms with van der Waals surface area (Å²) in [5.41, 5.74) is 6.75. The van der Waals surface area contributed by atoms with Crippen molar-refractivity contribution in [2.75, 3.05) is 19.3 Å². The lowest BCUT2D eigenvalue weighted by molar-refractivity contribution is 0.174. The van der Waals surface area contributed by atoms with Gasteiger partial charge in [-0.25, -0.2) is 0 Å². The van der Waals surface area contributed by atoms with Gasteiger partial charge in [-0.15, -0.1) is 0 Å². The molecule has 2 heterocycles. The molecule has 29 heavy (non-hydrogen) atoms. The molecule has 6 nitrogen and oxygen atoms in total. The van der Waals surface area contributed by atoms with Crippen LogP contribution in [0.5, 0.6) is 17.2 Å². The summed E-state index contributed by atoms with van der Waals surface area (Å²) in [6.07, 6.45) is 1.80. The predicted octanol–water partition coefficient (Wildman–Crippen LogP) is 4.88. The minimum atomic E-state index is 0.236. The fraction of sp³-hybridized carbons (Fsp3) is 0.130. The fourth-order valence-corrected chi connectivity index (χ4v) is 3.47. The molecule has 4 aromatic rings. The first kappa shape index (κ1) is 17.3. The molecule has 1 aliphatic rings. The van der Waals surface area contributed by atoms with Gasteiger partial charge in [-0.3, -0.25) is 10.4 Å². The van der Waals surface area contributed by atoms with Crippen LogP contribution in [-0.4, -0.2) is 25.1 Å². The van der Waals surface area contributed by atoms with Crippen LogP contribution in [0.1, 0.15) is 11.3 Å². The molecule has 3 aromatic carbocycles. The number of methoxy groups -OCH3 is 1. The Morgan fingerprint density at radius 2 is 1.79 bits per heavy atom. The maximum atomic E-state index is 5.50. The highest BCUT2D eigenvalue weighted by molar-refractivity contribution is 5.95. The number of fused-ring (bicyclic) bond motifs is 3. The number of hydrogen-bond donors (Lipinski definition) is 1. The number of aryl methyl sites for hydroxylation is 1. The first-order chi connectivity index (χ1) is 14.2. The van der Waals surface area contributed by atoms with Crippen molar-refractivity contribution in [3.8, 4) is 17.2 Å².